The van der Waals surface area contributed by atoms with E-state index >= 15 is 0 Å². The Morgan fingerprint density at radius 1 is 1.22 bits per heavy atom. The van der Waals surface area contributed by atoms with E-state index in [-0.39, 0.29) is 5.91 Å². The number of nitrogens with one attached hydrogen (secondary N) is 1. The molecule has 1 heterocycles. The Kier molecular flexibility index (Phi) is 4.18. The van der Waals surface area contributed by atoms with Crippen molar-refractivity contribution in [2.45, 2.75) is 19.3 Å². The Morgan fingerprint density at radius 2 is 2.00 bits per heavy atom. The van der Waals surface area contributed by atoms with Crippen LogP contribution in [0.4, 0.5) is 0 Å². The number of hydrogen-bond acceptors (Lipinski definition) is 2. The van der Waals surface area contributed by atoms with Crippen LogP contribution in [0, 0.1) is 0 Å². The molecular weight excluding hydrogens is 226 g/mol. The third-order valence-corrected chi connectivity index (χ3v) is 2.98. The molecule has 18 heavy (non-hydrogen) atoms. The highest BCUT2D eigenvalue weighted by atomic mass is 16.3. The van der Waals surface area contributed by atoms with Crippen molar-refractivity contribution in [3.63, 3.8) is 0 Å². The van der Waals surface area contributed by atoms with Crippen LogP contribution in [-0.2, 0) is 0 Å². The topological polar surface area (TPSA) is 42.2 Å². The Hall–Kier alpha value is -2.03. The molecule has 1 atom stereocenters. The molecule has 1 aromatic heterocycles. The molecule has 0 aliphatic carbocycles. The molecule has 1 amide bonds. The summed E-state index contributed by atoms with van der Waals surface area (Å²) in [6.07, 6.45) is 2.41. The molecule has 0 radical (unpaired) electrons. The van der Waals surface area contributed by atoms with Gasteiger partial charge in [-0.25, -0.2) is 0 Å². The minimum absolute atomic E-state index is 0.153. The van der Waals surface area contributed by atoms with Gasteiger partial charge in [-0.3, -0.25) is 4.79 Å². The molecular formula is C15H17NO2. The van der Waals surface area contributed by atoms with Crippen molar-refractivity contribution in [2.24, 2.45) is 0 Å². The predicted octanol–water partition coefficient (Wildman–Crippen LogP) is 3.20. The summed E-state index contributed by atoms with van der Waals surface area (Å²) in [6.45, 7) is 2.81. The molecule has 0 aliphatic heterocycles. The quantitative estimate of drug-likeness (QED) is 0.876. The van der Waals surface area contributed by atoms with Gasteiger partial charge in [0.15, 0.2) is 5.76 Å². The molecule has 1 unspecified atom stereocenters. The van der Waals surface area contributed by atoms with E-state index in [1.165, 1.54) is 11.8 Å². The average Bonchev–Trinajstić information content (AvgIpc) is 2.93. The highest BCUT2D eigenvalue weighted by Crippen LogP contribution is 2.17. The van der Waals surface area contributed by atoms with Gasteiger partial charge in [0.25, 0.3) is 5.91 Å². The van der Waals surface area contributed by atoms with Crippen LogP contribution >= 0.6 is 0 Å². The Bertz CT molecular complexity index is 476. The number of furan rings is 1. The monoisotopic (exact) mass is 243 g/mol. The summed E-state index contributed by atoms with van der Waals surface area (Å²) in [5.74, 6) is 0.644. The predicted molar refractivity (Wildman–Crippen MR) is 70.5 cm³/mol. The fourth-order valence-corrected chi connectivity index (χ4v) is 1.85. The van der Waals surface area contributed by atoms with E-state index in [0.717, 1.165) is 6.42 Å². The van der Waals surface area contributed by atoms with Crippen LogP contribution in [0.15, 0.2) is 53.1 Å². The maximum Gasteiger partial charge on any atom is 0.286 e. The second-order valence-electron chi connectivity index (χ2n) is 4.33. The summed E-state index contributed by atoms with van der Waals surface area (Å²) < 4.78 is 5.03. The fraction of sp³-hybridized carbons (Fsp3) is 0.267. The second kappa shape index (κ2) is 6.05. The number of carbonyl (C=O) groups excluding carboxylic acids is 1. The lowest BCUT2D eigenvalue weighted by Gasteiger charge is -2.11. The van der Waals surface area contributed by atoms with Crippen LogP contribution in [0.5, 0.6) is 0 Å². The Morgan fingerprint density at radius 3 is 2.67 bits per heavy atom. The lowest BCUT2D eigenvalue weighted by molar-refractivity contribution is 0.0925. The largest absolute Gasteiger partial charge is 0.459 e. The van der Waals surface area contributed by atoms with Crippen molar-refractivity contribution in [3.05, 3.63) is 60.1 Å². The van der Waals surface area contributed by atoms with Gasteiger partial charge in [-0.1, -0.05) is 37.3 Å². The summed E-state index contributed by atoms with van der Waals surface area (Å²) in [6, 6.07) is 13.7. The molecule has 2 aromatic rings. The van der Waals surface area contributed by atoms with Crippen LogP contribution in [0.3, 0.4) is 0 Å². The van der Waals surface area contributed by atoms with Crippen LogP contribution in [0.1, 0.15) is 35.4 Å². The first-order chi connectivity index (χ1) is 8.77. The molecule has 3 nitrogen and oxygen atoms in total. The summed E-state index contributed by atoms with van der Waals surface area (Å²) in [5, 5.41) is 2.85. The first kappa shape index (κ1) is 12.4. The molecule has 1 N–H and O–H groups in total. The Balaban J connectivity index is 1.77. The van der Waals surface area contributed by atoms with Gasteiger partial charge in [0, 0.05) is 6.54 Å². The normalized spacial score (nSPS) is 12.1. The molecule has 0 fully saturated rings. The minimum Gasteiger partial charge on any atom is -0.459 e. The van der Waals surface area contributed by atoms with Crippen molar-refractivity contribution < 1.29 is 9.21 Å². The average molecular weight is 243 g/mol. The summed E-state index contributed by atoms with van der Waals surface area (Å²) in [7, 11) is 0. The molecule has 0 spiro atoms. The zero-order chi connectivity index (χ0) is 12.8. The third-order valence-electron chi connectivity index (χ3n) is 2.98. The van der Waals surface area contributed by atoms with E-state index in [2.05, 4.69) is 24.4 Å². The van der Waals surface area contributed by atoms with Gasteiger partial charge in [-0.15, -0.1) is 0 Å². The van der Waals surface area contributed by atoms with Gasteiger partial charge in [-0.05, 0) is 30.0 Å². The molecule has 3 heteroatoms. The highest BCUT2D eigenvalue weighted by molar-refractivity contribution is 5.91. The van der Waals surface area contributed by atoms with Gasteiger partial charge in [0.05, 0.1) is 6.26 Å². The van der Waals surface area contributed by atoms with Gasteiger partial charge < -0.3 is 9.73 Å². The number of amides is 1. The molecule has 1 aromatic carbocycles. The number of benzene rings is 1. The first-order valence-corrected chi connectivity index (χ1v) is 6.14. The molecule has 94 valence electrons. The van der Waals surface area contributed by atoms with E-state index in [4.69, 9.17) is 4.42 Å². The number of rotatable bonds is 5. The zero-order valence-corrected chi connectivity index (χ0v) is 10.4. The van der Waals surface area contributed by atoms with E-state index in [1.54, 1.807) is 12.1 Å². The second-order valence-corrected chi connectivity index (χ2v) is 4.33. The Labute approximate surface area is 107 Å². The molecule has 2 rings (SSSR count). The van der Waals surface area contributed by atoms with Crippen LogP contribution in [-0.4, -0.2) is 12.5 Å². The SMILES string of the molecule is CC(CCNC(=O)c1ccco1)c1ccccc1. The van der Waals surface area contributed by atoms with Gasteiger partial charge in [-0.2, -0.15) is 0 Å². The molecule has 0 saturated carbocycles. The van der Waals surface area contributed by atoms with E-state index in [0.29, 0.717) is 18.2 Å². The van der Waals surface area contributed by atoms with Crippen molar-refractivity contribution in [1.82, 2.24) is 5.32 Å². The van der Waals surface area contributed by atoms with Crippen LogP contribution < -0.4 is 5.32 Å². The zero-order valence-electron chi connectivity index (χ0n) is 10.4. The molecule has 0 aliphatic rings. The highest BCUT2D eigenvalue weighted by Gasteiger charge is 2.09. The molecule has 0 bridgehead atoms. The van der Waals surface area contributed by atoms with Gasteiger partial charge in [0.2, 0.25) is 0 Å². The van der Waals surface area contributed by atoms with Crippen LogP contribution in [0.25, 0.3) is 0 Å². The lowest BCUT2D eigenvalue weighted by atomic mass is 9.98. The maximum absolute atomic E-state index is 11.6. The van der Waals surface area contributed by atoms with E-state index in [1.807, 2.05) is 18.2 Å². The van der Waals surface area contributed by atoms with Crippen molar-refractivity contribution in [3.8, 4) is 0 Å². The smallest absolute Gasteiger partial charge is 0.286 e. The van der Waals surface area contributed by atoms with Crippen LogP contribution in [0.2, 0.25) is 0 Å². The van der Waals surface area contributed by atoms with Gasteiger partial charge in [0.1, 0.15) is 0 Å². The summed E-state index contributed by atoms with van der Waals surface area (Å²) in [4.78, 5) is 11.6. The van der Waals surface area contributed by atoms with E-state index < -0.39 is 0 Å². The summed E-state index contributed by atoms with van der Waals surface area (Å²) in [5.41, 5.74) is 1.30. The minimum atomic E-state index is -0.153. The first-order valence-electron chi connectivity index (χ1n) is 6.14. The third kappa shape index (κ3) is 3.23. The maximum atomic E-state index is 11.6. The van der Waals surface area contributed by atoms with Gasteiger partial charge >= 0.3 is 0 Å². The van der Waals surface area contributed by atoms with Crippen molar-refractivity contribution >= 4 is 5.91 Å². The summed E-state index contributed by atoms with van der Waals surface area (Å²) >= 11 is 0. The van der Waals surface area contributed by atoms with Crippen molar-refractivity contribution in [1.29, 1.82) is 0 Å². The van der Waals surface area contributed by atoms with Crippen molar-refractivity contribution in [2.75, 3.05) is 6.54 Å². The number of hydrogen-bond donors (Lipinski definition) is 1. The lowest BCUT2D eigenvalue weighted by Crippen LogP contribution is -2.24. The standard InChI is InChI=1S/C15H17NO2/c1-12(13-6-3-2-4-7-13)9-10-16-15(17)14-8-5-11-18-14/h2-8,11-12H,9-10H2,1H3,(H,16,17). The van der Waals surface area contributed by atoms with E-state index in [9.17, 15) is 4.79 Å². The fourth-order valence-electron chi connectivity index (χ4n) is 1.85. The number of carbonyl (C=O) groups is 1. The molecule has 0 saturated heterocycles.